The SMILES string of the molecule is Cc1nn(C)c(C)c1C(O)=C1C(=O)C(=O)N(CCN2CCOCC2)[C@H]1c1ccccn1. The monoisotopic (exact) mass is 425 g/mol. The summed E-state index contributed by atoms with van der Waals surface area (Å²) in [4.78, 5) is 34.2. The van der Waals surface area contributed by atoms with E-state index in [9.17, 15) is 14.7 Å². The van der Waals surface area contributed by atoms with E-state index in [-0.39, 0.29) is 11.3 Å². The summed E-state index contributed by atoms with van der Waals surface area (Å²) in [6.07, 6.45) is 1.62. The molecule has 0 aliphatic carbocycles. The summed E-state index contributed by atoms with van der Waals surface area (Å²) in [5.41, 5.74) is 2.40. The minimum atomic E-state index is -0.749. The number of Topliss-reactive ketones (excluding diaryl/α,β-unsaturated/α-hetero) is 1. The van der Waals surface area contributed by atoms with Gasteiger partial charge >= 0.3 is 0 Å². The largest absolute Gasteiger partial charge is 0.507 e. The van der Waals surface area contributed by atoms with Crippen LogP contribution in [-0.4, -0.2) is 80.8 Å². The second kappa shape index (κ2) is 8.60. The van der Waals surface area contributed by atoms with Gasteiger partial charge < -0.3 is 14.7 Å². The van der Waals surface area contributed by atoms with Crippen molar-refractivity contribution in [2.24, 2.45) is 7.05 Å². The number of pyridine rings is 1. The summed E-state index contributed by atoms with van der Waals surface area (Å²) in [6, 6.07) is 4.61. The Labute approximate surface area is 180 Å². The topological polar surface area (TPSA) is 101 Å². The molecule has 2 aromatic rings. The molecule has 164 valence electrons. The summed E-state index contributed by atoms with van der Waals surface area (Å²) in [7, 11) is 1.77. The molecule has 0 spiro atoms. The van der Waals surface area contributed by atoms with Crippen LogP contribution in [0.5, 0.6) is 0 Å². The van der Waals surface area contributed by atoms with Gasteiger partial charge in [-0.05, 0) is 26.0 Å². The number of amides is 1. The van der Waals surface area contributed by atoms with Crippen molar-refractivity contribution in [2.45, 2.75) is 19.9 Å². The molecule has 1 atom stereocenters. The minimum absolute atomic E-state index is 0.0601. The first kappa shape index (κ1) is 21.2. The number of aryl methyl sites for hydroxylation is 2. The van der Waals surface area contributed by atoms with Crippen LogP contribution < -0.4 is 0 Å². The summed E-state index contributed by atoms with van der Waals surface area (Å²) < 4.78 is 7.03. The molecule has 0 radical (unpaired) electrons. The lowest BCUT2D eigenvalue weighted by Crippen LogP contribution is -2.42. The third-order valence-electron chi connectivity index (χ3n) is 6.01. The van der Waals surface area contributed by atoms with Gasteiger partial charge in [-0.2, -0.15) is 5.10 Å². The maximum Gasteiger partial charge on any atom is 0.295 e. The number of aliphatic hydroxyl groups is 1. The van der Waals surface area contributed by atoms with Crippen molar-refractivity contribution in [1.29, 1.82) is 0 Å². The Hall–Kier alpha value is -3.04. The highest BCUT2D eigenvalue weighted by Gasteiger charge is 2.47. The van der Waals surface area contributed by atoms with Crippen LogP contribution in [0.4, 0.5) is 0 Å². The number of carbonyl (C=O) groups is 2. The molecule has 0 saturated carbocycles. The highest BCUT2D eigenvalue weighted by Crippen LogP contribution is 2.39. The van der Waals surface area contributed by atoms with Crippen molar-refractivity contribution >= 4 is 17.4 Å². The molecule has 31 heavy (non-hydrogen) atoms. The predicted octanol–water partition coefficient (Wildman–Crippen LogP) is 1.19. The molecule has 2 aromatic heterocycles. The van der Waals surface area contributed by atoms with Crippen molar-refractivity contribution in [2.75, 3.05) is 39.4 Å². The van der Waals surface area contributed by atoms with E-state index in [0.717, 1.165) is 13.1 Å². The number of hydrogen-bond donors (Lipinski definition) is 1. The third kappa shape index (κ3) is 3.86. The van der Waals surface area contributed by atoms with E-state index < -0.39 is 17.7 Å². The van der Waals surface area contributed by atoms with Crippen molar-refractivity contribution in [3.8, 4) is 0 Å². The molecule has 4 heterocycles. The molecule has 1 N–H and O–H groups in total. The van der Waals surface area contributed by atoms with E-state index in [2.05, 4.69) is 15.0 Å². The van der Waals surface area contributed by atoms with Crippen molar-refractivity contribution in [3.63, 3.8) is 0 Å². The summed E-state index contributed by atoms with van der Waals surface area (Å²) in [5, 5.41) is 15.6. The molecule has 1 amide bonds. The van der Waals surface area contributed by atoms with Crippen LogP contribution in [0.3, 0.4) is 0 Å². The number of nitrogens with zero attached hydrogens (tertiary/aromatic N) is 5. The number of aliphatic hydroxyl groups excluding tert-OH is 1. The average Bonchev–Trinajstić information content (AvgIpc) is 3.18. The lowest BCUT2D eigenvalue weighted by atomic mass is 9.97. The Morgan fingerprint density at radius 1 is 1.19 bits per heavy atom. The summed E-state index contributed by atoms with van der Waals surface area (Å²) in [5.74, 6) is -1.52. The average molecular weight is 425 g/mol. The first-order chi connectivity index (χ1) is 14.9. The lowest BCUT2D eigenvalue weighted by molar-refractivity contribution is -0.140. The van der Waals surface area contributed by atoms with Gasteiger partial charge in [0.15, 0.2) is 0 Å². The molecule has 2 fully saturated rings. The van der Waals surface area contributed by atoms with Gasteiger partial charge in [-0.15, -0.1) is 0 Å². The Balaban J connectivity index is 1.76. The van der Waals surface area contributed by atoms with Crippen LogP contribution in [0, 0.1) is 13.8 Å². The zero-order valence-electron chi connectivity index (χ0n) is 18.0. The molecule has 4 rings (SSSR count). The van der Waals surface area contributed by atoms with Crippen LogP contribution in [0.25, 0.3) is 5.76 Å². The quantitative estimate of drug-likeness (QED) is 0.436. The van der Waals surface area contributed by atoms with Gasteiger partial charge in [0.1, 0.15) is 11.8 Å². The van der Waals surface area contributed by atoms with E-state index in [1.807, 2.05) is 13.0 Å². The number of hydrogen-bond acceptors (Lipinski definition) is 7. The number of likely N-dealkylation sites (tertiary alicyclic amines) is 1. The maximum absolute atomic E-state index is 13.1. The Kier molecular flexibility index (Phi) is 5.88. The molecule has 9 heteroatoms. The van der Waals surface area contributed by atoms with E-state index in [4.69, 9.17) is 4.74 Å². The van der Waals surface area contributed by atoms with Gasteiger partial charge in [-0.25, -0.2) is 0 Å². The first-order valence-corrected chi connectivity index (χ1v) is 10.4. The van der Waals surface area contributed by atoms with E-state index in [0.29, 0.717) is 48.9 Å². The number of ether oxygens (including phenoxy) is 1. The molecule has 0 bridgehead atoms. The number of aromatic nitrogens is 3. The van der Waals surface area contributed by atoms with E-state index in [1.54, 1.807) is 37.0 Å². The van der Waals surface area contributed by atoms with Crippen molar-refractivity contribution in [3.05, 3.63) is 52.6 Å². The van der Waals surface area contributed by atoms with Crippen LogP contribution in [0.2, 0.25) is 0 Å². The fourth-order valence-electron chi connectivity index (χ4n) is 4.28. The third-order valence-corrected chi connectivity index (χ3v) is 6.01. The van der Waals surface area contributed by atoms with Crippen LogP contribution >= 0.6 is 0 Å². The predicted molar refractivity (Wildman–Crippen MR) is 113 cm³/mol. The van der Waals surface area contributed by atoms with Gasteiger partial charge in [0.2, 0.25) is 0 Å². The van der Waals surface area contributed by atoms with Crippen LogP contribution in [-0.2, 0) is 21.4 Å². The van der Waals surface area contributed by atoms with Gasteiger partial charge in [0, 0.05) is 45.1 Å². The van der Waals surface area contributed by atoms with E-state index >= 15 is 0 Å². The maximum atomic E-state index is 13.1. The number of carbonyl (C=O) groups excluding carboxylic acids is 2. The first-order valence-electron chi connectivity index (χ1n) is 10.4. The summed E-state index contributed by atoms with van der Waals surface area (Å²) >= 11 is 0. The van der Waals surface area contributed by atoms with Gasteiger partial charge in [-0.3, -0.25) is 24.2 Å². The number of rotatable bonds is 5. The molecule has 2 aliphatic rings. The molecule has 2 saturated heterocycles. The van der Waals surface area contributed by atoms with Crippen LogP contribution in [0.1, 0.15) is 28.7 Å². The molecule has 2 aliphatic heterocycles. The van der Waals surface area contributed by atoms with Gasteiger partial charge in [-0.1, -0.05) is 6.07 Å². The highest BCUT2D eigenvalue weighted by atomic mass is 16.5. The molecule has 0 aromatic carbocycles. The lowest BCUT2D eigenvalue weighted by Gasteiger charge is -2.30. The molecule has 0 unspecified atom stereocenters. The second-order valence-corrected chi connectivity index (χ2v) is 7.87. The Morgan fingerprint density at radius 2 is 1.94 bits per heavy atom. The van der Waals surface area contributed by atoms with E-state index in [1.165, 1.54) is 4.90 Å². The number of ketones is 1. The van der Waals surface area contributed by atoms with Crippen molar-refractivity contribution < 1.29 is 19.4 Å². The normalized spacial score (nSPS) is 21.8. The molecular weight excluding hydrogens is 398 g/mol. The van der Waals surface area contributed by atoms with Crippen molar-refractivity contribution in [1.82, 2.24) is 24.6 Å². The fraction of sp³-hybridized carbons (Fsp3) is 0.455. The fourth-order valence-corrected chi connectivity index (χ4v) is 4.28. The zero-order chi connectivity index (χ0) is 22.1. The Morgan fingerprint density at radius 3 is 2.55 bits per heavy atom. The second-order valence-electron chi connectivity index (χ2n) is 7.87. The van der Waals surface area contributed by atoms with Gasteiger partial charge in [0.25, 0.3) is 11.7 Å². The Bertz CT molecular complexity index is 1020. The highest BCUT2D eigenvalue weighted by molar-refractivity contribution is 6.46. The standard InChI is InChI=1S/C22H27N5O4/c1-14-17(15(2)25(3)24-14)20(28)18-19(16-6-4-5-7-23-16)27(22(30)21(18)29)9-8-26-10-12-31-13-11-26/h4-7,19,28H,8-13H2,1-3H3/t19-/m0/s1. The minimum Gasteiger partial charge on any atom is -0.507 e. The zero-order valence-corrected chi connectivity index (χ0v) is 18.0. The molecular formula is C22H27N5O4. The molecule has 9 nitrogen and oxygen atoms in total. The van der Waals surface area contributed by atoms with Gasteiger partial charge in [0.05, 0.1) is 35.7 Å². The smallest absolute Gasteiger partial charge is 0.295 e. The van der Waals surface area contributed by atoms with Crippen LogP contribution in [0.15, 0.2) is 30.0 Å². The summed E-state index contributed by atoms with van der Waals surface area (Å²) in [6.45, 7) is 7.44. The number of morpholine rings is 1.